The van der Waals surface area contributed by atoms with Gasteiger partial charge in [0.2, 0.25) is 0 Å². The highest BCUT2D eigenvalue weighted by Gasteiger charge is 2.39. The first-order valence-electron chi connectivity index (χ1n) is 6.82. The summed E-state index contributed by atoms with van der Waals surface area (Å²) in [6.45, 7) is 1.61. The number of aliphatic carboxylic acids is 1. The molecule has 3 atom stereocenters. The number of carboxylic acids is 1. The molecule has 108 valence electrons. The first-order chi connectivity index (χ1) is 8.99. The second kappa shape index (κ2) is 5.88. The van der Waals surface area contributed by atoms with Crippen LogP contribution in [0.25, 0.3) is 0 Å². The van der Waals surface area contributed by atoms with E-state index >= 15 is 0 Å². The fourth-order valence-corrected chi connectivity index (χ4v) is 2.92. The second-order valence-corrected chi connectivity index (χ2v) is 5.62. The molecule has 0 aliphatic carbocycles. The van der Waals surface area contributed by atoms with Gasteiger partial charge in [-0.25, -0.2) is 4.79 Å². The fourth-order valence-electron chi connectivity index (χ4n) is 2.92. The fraction of sp³-hybridized carbons (Fsp3) is 0.846. The van der Waals surface area contributed by atoms with Crippen molar-refractivity contribution in [3.8, 4) is 0 Å². The summed E-state index contributed by atoms with van der Waals surface area (Å²) in [7, 11) is 3.99. The van der Waals surface area contributed by atoms with Crippen LogP contribution in [-0.2, 0) is 14.3 Å². The number of ether oxygens (including phenoxy) is 1. The molecular formula is C13H22N2O4. The summed E-state index contributed by atoms with van der Waals surface area (Å²) in [6.07, 6.45) is 1.59. The van der Waals surface area contributed by atoms with E-state index in [0.717, 1.165) is 25.9 Å². The van der Waals surface area contributed by atoms with Gasteiger partial charge < -0.3 is 19.6 Å². The molecule has 2 aliphatic rings. The molecule has 6 nitrogen and oxygen atoms in total. The lowest BCUT2D eigenvalue weighted by molar-refractivity contribution is -0.155. The molecule has 2 rings (SSSR count). The maximum Gasteiger partial charge on any atom is 0.332 e. The van der Waals surface area contributed by atoms with Crippen molar-refractivity contribution < 1.29 is 19.4 Å². The molecule has 6 heteroatoms. The van der Waals surface area contributed by atoms with Crippen LogP contribution in [0.15, 0.2) is 0 Å². The number of carbonyl (C=O) groups excluding carboxylic acids is 1. The SMILES string of the molecule is CN(C)CC1CCCN1C(=O)C1CCC(C(=O)O)O1. The number of hydrogen-bond donors (Lipinski definition) is 1. The van der Waals surface area contributed by atoms with Gasteiger partial charge in [-0.2, -0.15) is 0 Å². The zero-order valence-corrected chi connectivity index (χ0v) is 11.5. The monoisotopic (exact) mass is 270 g/mol. The van der Waals surface area contributed by atoms with Crippen LogP contribution in [0.1, 0.15) is 25.7 Å². The van der Waals surface area contributed by atoms with Gasteiger partial charge >= 0.3 is 5.97 Å². The standard InChI is InChI=1S/C13H22N2O4/c1-14(2)8-9-4-3-7-15(9)12(16)10-5-6-11(19-10)13(17)18/h9-11H,3-8H2,1-2H3,(H,17,18). The van der Waals surface area contributed by atoms with E-state index in [-0.39, 0.29) is 11.9 Å². The Morgan fingerprint density at radius 1 is 1.26 bits per heavy atom. The molecule has 1 amide bonds. The van der Waals surface area contributed by atoms with Crippen LogP contribution in [0.5, 0.6) is 0 Å². The van der Waals surface area contributed by atoms with Gasteiger partial charge in [0, 0.05) is 19.1 Å². The van der Waals surface area contributed by atoms with E-state index in [9.17, 15) is 9.59 Å². The van der Waals surface area contributed by atoms with Gasteiger partial charge in [-0.1, -0.05) is 0 Å². The minimum absolute atomic E-state index is 0.0342. The Labute approximate surface area is 113 Å². The van der Waals surface area contributed by atoms with Gasteiger partial charge in [0.1, 0.15) is 6.10 Å². The number of likely N-dealkylation sites (N-methyl/N-ethyl adjacent to an activating group) is 1. The Morgan fingerprint density at radius 3 is 2.53 bits per heavy atom. The largest absolute Gasteiger partial charge is 0.479 e. The van der Waals surface area contributed by atoms with Gasteiger partial charge in [-0.15, -0.1) is 0 Å². The summed E-state index contributed by atoms with van der Waals surface area (Å²) in [4.78, 5) is 27.2. The molecule has 0 aromatic carbocycles. The quantitative estimate of drug-likeness (QED) is 0.788. The van der Waals surface area contributed by atoms with Crippen molar-refractivity contribution >= 4 is 11.9 Å². The van der Waals surface area contributed by atoms with E-state index in [0.29, 0.717) is 12.8 Å². The molecule has 1 N–H and O–H groups in total. The van der Waals surface area contributed by atoms with Gasteiger partial charge in [-0.3, -0.25) is 4.79 Å². The summed E-state index contributed by atoms with van der Waals surface area (Å²) >= 11 is 0. The number of amides is 1. The molecule has 0 bridgehead atoms. The van der Waals surface area contributed by atoms with E-state index < -0.39 is 18.2 Å². The van der Waals surface area contributed by atoms with Crippen molar-refractivity contribution in [3.63, 3.8) is 0 Å². The van der Waals surface area contributed by atoms with E-state index in [1.54, 1.807) is 0 Å². The normalized spacial score (nSPS) is 31.1. The van der Waals surface area contributed by atoms with Crippen molar-refractivity contribution in [2.45, 2.75) is 43.9 Å². The third-order valence-electron chi connectivity index (χ3n) is 3.81. The second-order valence-electron chi connectivity index (χ2n) is 5.62. The van der Waals surface area contributed by atoms with E-state index in [1.165, 1.54) is 0 Å². The highest BCUT2D eigenvalue weighted by Crippen LogP contribution is 2.25. The van der Waals surface area contributed by atoms with Crippen molar-refractivity contribution in [1.82, 2.24) is 9.80 Å². The molecule has 2 heterocycles. The average molecular weight is 270 g/mol. The third kappa shape index (κ3) is 3.25. The predicted molar refractivity (Wildman–Crippen MR) is 68.8 cm³/mol. The highest BCUT2D eigenvalue weighted by molar-refractivity contribution is 5.83. The maximum atomic E-state index is 12.4. The molecule has 0 aromatic heterocycles. The number of nitrogens with zero attached hydrogens (tertiary/aromatic N) is 2. The Hall–Kier alpha value is -1.14. The summed E-state index contributed by atoms with van der Waals surface area (Å²) < 4.78 is 5.35. The van der Waals surface area contributed by atoms with Crippen LogP contribution in [0.3, 0.4) is 0 Å². The zero-order valence-electron chi connectivity index (χ0n) is 11.5. The number of hydrogen-bond acceptors (Lipinski definition) is 4. The summed E-state index contributed by atoms with van der Waals surface area (Å²) in [5.41, 5.74) is 0. The molecule has 2 fully saturated rings. The minimum atomic E-state index is -0.971. The van der Waals surface area contributed by atoms with Gasteiger partial charge in [0.15, 0.2) is 6.10 Å². The van der Waals surface area contributed by atoms with Crippen LogP contribution in [-0.4, -0.2) is 72.2 Å². The zero-order chi connectivity index (χ0) is 14.0. The van der Waals surface area contributed by atoms with Crippen LogP contribution < -0.4 is 0 Å². The van der Waals surface area contributed by atoms with E-state index in [1.807, 2.05) is 19.0 Å². The van der Waals surface area contributed by atoms with Crippen molar-refractivity contribution in [2.24, 2.45) is 0 Å². The number of likely N-dealkylation sites (tertiary alicyclic amines) is 1. The average Bonchev–Trinajstić information content (AvgIpc) is 2.95. The maximum absolute atomic E-state index is 12.4. The van der Waals surface area contributed by atoms with Gasteiger partial charge in [-0.05, 0) is 39.8 Å². The molecule has 19 heavy (non-hydrogen) atoms. The topological polar surface area (TPSA) is 70.1 Å². The molecule has 2 aliphatic heterocycles. The Bertz CT molecular complexity index is 359. The number of rotatable bonds is 4. The van der Waals surface area contributed by atoms with Crippen LogP contribution >= 0.6 is 0 Å². The molecule has 0 aromatic rings. The first-order valence-corrected chi connectivity index (χ1v) is 6.82. The summed E-state index contributed by atoms with van der Waals surface area (Å²) in [6, 6.07) is 0.231. The molecule has 0 saturated carbocycles. The predicted octanol–water partition coefficient (Wildman–Crippen LogP) is 0.171. The lowest BCUT2D eigenvalue weighted by atomic mass is 10.1. The van der Waals surface area contributed by atoms with Crippen LogP contribution in [0, 0.1) is 0 Å². The first kappa shape index (κ1) is 14.3. The van der Waals surface area contributed by atoms with Crippen molar-refractivity contribution in [1.29, 1.82) is 0 Å². The smallest absolute Gasteiger partial charge is 0.332 e. The number of carboxylic acid groups (broad SMARTS) is 1. The molecular weight excluding hydrogens is 248 g/mol. The van der Waals surface area contributed by atoms with Crippen LogP contribution in [0.4, 0.5) is 0 Å². The van der Waals surface area contributed by atoms with E-state index in [4.69, 9.17) is 9.84 Å². The summed E-state index contributed by atoms with van der Waals surface area (Å²) in [5, 5.41) is 8.89. The molecule has 0 spiro atoms. The van der Waals surface area contributed by atoms with Crippen molar-refractivity contribution in [2.75, 3.05) is 27.2 Å². The lowest BCUT2D eigenvalue weighted by Gasteiger charge is -2.29. The number of carbonyl (C=O) groups is 2. The lowest BCUT2D eigenvalue weighted by Crippen LogP contribution is -2.46. The van der Waals surface area contributed by atoms with Crippen molar-refractivity contribution in [3.05, 3.63) is 0 Å². The molecule has 3 unspecified atom stereocenters. The molecule has 2 saturated heterocycles. The highest BCUT2D eigenvalue weighted by atomic mass is 16.5. The Morgan fingerprint density at radius 2 is 1.95 bits per heavy atom. The van der Waals surface area contributed by atoms with Gasteiger partial charge in [0.05, 0.1) is 0 Å². The molecule has 0 radical (unpaired) electrons. The van der Waals surface area contributed by atoms with E-state index in [2.05, 4.69) is 4.90 Å². The van der Waals surface area contributed by atoms with Gasteiger partial charge in [0.25, 0.3) is 5.91 Å². The Balaban J connectivity index is 1.94. The minimum Gasteiger partial charge on any atom is -0.479 e. The van der Waals surface area contributed by atoms with Crippen LogP contribution in [0.2, 0.25) is 0 Å². The summed E-state index contributed by atoms with van der Waals surface area (Å²) in [5.74, 6) is -1.00. The third-order valence-corrected chi connectivity index (χ3v) is 3.81. The Kier molecular flexibility index (Phi) is 4.42.